The van der Waals surface area contributed by atoms with Crippen molar-refractivity contribution >= 4 is 29.1 Å². The van der Waals surface area contributed by atoms with Crippen LogP contribution in [0.3, 0.4) is 0 Å². The highest BCUT2D eigenvalue weighted by Crippen LogP contribution is 2.32. The maximum Gasteiger partial charge on any atom is 0.255 e. The van der Waals surface area contributed by atoms with Gasteiger partial charge in [0.15, 0.2) is 5.75 Å². The molecule has 0 fully saturated rings. The van der Waals surface area contributed by atoms with Gasteiger partial charge in [-0.05, 0) is 37.6 Å². The lowest BCUT2D eigenvalue weighted by molar-refractivity contribution is -0.116. The van der Waals surface area contributed by atoms with Gasteiger partial charge < -0.3 is 20.1 Å². The van der Waals surface area contributed by atoms with Gasteiger partial charge >= 0.3 is 0 Å². The van der Waals surface area contributed by atoms with Gasteiger partial charge in [-0.25, -0.2) is 0 Å². The summed E-state index contributed by atoms with van der Waals surface area (Å²) in [6, 6.07) is 12.2. The molecular formula is C20H23ClN2O4. The van der Waals surface area contributed by atoms with Gasteiger partial charge in [0.05, 0.1) is 30.0 Å². The van der Waals surface area contributed by atoms with Crippen molar-refractivity contribution in [1.29, 1.82) is 0 Å². The molecule has 27 heavy (non-hydrogen) atoms. The molecule has 0 aliphatic carbocycles. The van der Waals surface area contributed by atoms with Gasteiger partial charge in [0, 0.05) is 13.0 Å². The third-order valence-corrected chi connectivity index (χ3v) is 4.04. The number of rotatable bonds is 9. The van der Waals surface area contributed by atoms with Crippen molar-refractivity contribution in [2.45, 2.75) is 19.8 Å². The third-order valence-electron chi connectivity index (χ3n) is 3.74. The molecule has 0 heterocycles. The number of anilines is 1. The second-order valence-electron chi connectivity index (χ2n) is 5.66. The first-order valence-corrected chi connectivity index (χ1v) is 9.07. The van der Waals surface area contributed by atoms with Crippen LogP contribution in [0, 0.1) is 0 Å². The number of para-hydroxylation sites is 2. The summed E-state index contributed by atoms with van der Waals surface area (Å²) < 4.78 is 10.7. The second-order valence-corrected chi connectivity index (χ2v) is 6.06. The molecule has 0 bridgehead atoms. The fourth-order valence-corrected chi connectivity index (χ4v) is 2.76. The van der Waals surface area contributed by atoms with E-state index in [4.69, 9.17) is 21.1 Å². The second kappa shape index (κ2) is 10.4. The van der Waals surface area contributed by atoms with Crippen molar-refractivity contribution in [3.05, 3.63) is 53.1 Å². The Morgan fingerprint density at radius 3 is 2.63 bits per heavy atom. The lowest BCUT2D eigenvalue weighted by Crippen LogP contribution is -2.26. The summed E-state index contributed by atoms with van der Waals surface area (Å²) in [5.41, 5.74) is 0.997. The number of carbonyl (C=O) groups excluding carboxylic acids is 2. The zero-order chi connectivity index (χ0) is 19.6. The number of ether oxygens (including phenoxy) is 2. The Bertz CT molecular complexity index is 795. The molecule has 2 aromatic rings. The molecule has 0 unspecified atom stereocenters. The summed E-state index contributed by atoms with van der Waals surface area (Å²) in [4.78, 5) is 24.4. The molecular weight excluding hydrogens is 368 g/mol. The topological polar surface area (TPSA) is 76.7 Å². The highest BCUT2D eigenvalue weighted by molar-refractivity contribution is 6.32. The summed E-state index contributed by atoms with van der Waals surface area (Å²) in [6.07, 6.45) is 0.750. The van der Waals surface area contributed by atoms with E-state index in [1.165, 1.54) is 7.11 Å². The molecule has 7 heteroatoms. The highest BCUT2D eigenvalue weighted by Gasteiger charge is 2.13. The Morgan fingerprint density at radius 2 is 1.89 bits per heavy atom. The quantitative estimate of drug-likeness (QED) is 0.637. The molecule has 6 nitrogen and oxygen atoms in total. The Balaban J connectivity index is 1.81. The van der Waals surface area contributed by atoms with Crippen LogP contribution in [0.5, 0.6) is 11.5 Å². The Morgan fingerprint density at radius 1 is 1.11 bits per heavy atom. The van der Waals surface area contributed by atoms with E-state index < -0.39 is 0 Å². The van der Waals surface area contributed by atoms with E-state index in [0.29, 0.717) is 47.3 Å². The van der Waals surface area contributed by atoms with Gasteiger partial charge in [-0.1, -0.05) is 29.8 Å². The first-order chi connectivity index (χ1) is 13.1. The van der Waals surface area contributed by atoms with Crippen LogP contribution in [0.25, 0.3) is 0 Å². The number of halogens is 1. The van der Waals surface area contributed by atoms with E-state index >= 15 is 0 Å². The van der Waals surface area contributed by atoms with Gasteiger partial charge in [0.1, 0.15) is 5.75 Å². The van der Waals surface area contributed by atoms with E-state index in [9.17, 15) is 9.59 Å². The number of nitrogens with one attached hydrogen (secondary N) is 2. The van der Waals surface area contributed by atoms with Crippen LogP contribution in [-0.4, -0.2) is 32.1 Å². The van der Waals surface area contributed by atoms with Crippen LogP contribution in [0.1, 0.15) is 30.1 Å². The molecule has 0 saturated carbocycles. The average Bonchev–Trinajstić information content (AvgIpc) is 2.66. The summed E-state index contributed by atoms with van der Waals surface area (Å²) >= 11 is 6.03. The molecule has 0 spiro atoms. The zero-order valence-electron chi connectivity index (χ0n) is 15.4. The van der Waals surface area contributed by atoms with Crippen LogP contribution in [0.2, 0.25) is 5.02 Å². The number of hydrogen-bond acceptors (Lipinski definition) is 4. The highest BCUT2D eigenvalue weighted by atomic mass is 35.5. The first kappa shape index (κ1) is 20.6. The molecule has 0 aliphatic rings. The van der Waals surface area contributed by atoms with E-state index in [1.807, 2.05) is 13.0 Å². The fraction of sp³-hybridized carbons (Fsp3) is 0.300. The fourth-order valence-electron chi connectivity index (χ4n) is 2.51. The first-order valence-electron chi connectivity index (χ1n) is 8.69. The lowest BCUT2D eigenvalue weighted by atomic mass is 10.2. The van der Waals surface area contributed by atoms with E-state index in [2.05, 4.69) is 10.6 Å². The molecule has 0 radical (unpaired) electrons. The molecule has 0 aliphatic heterocycles. The predicted molar refractivity (Wildman–Crippen MR) is 106 cm³/mol. The Hall–Kier alpha value is -2.73. The van der Waals surface area contributed by atoms with Crippen molar-refractivity contribution < 1.29 is 19.1 Å². The number of hydrogen-bond donors (Lipinski definition) is 2. The van der Waals surface area contributed by atoms with Crippen molar-refractivity contribution in [3.63, 3.8) is 0 Å². The van der Waals surface area contributed by atoms with Crippen LogP contribution < -0.4 is 20.1 Å². The molecule has 2 N–H and O–H groups in total. The largest absolute Gasteiger partial charge is 0.493 e. The number of benzene rings is 2. The summed E-state index contributed by atoms with van der Waals surface area (Å²) in [6.45, 7) is 2.72. The maximum absolute atomic E-state index is 12.3. The van der Waals surface area contributed by atoms with Gasteiger partial charge in [-0.2, -0.15) is 0 Å². The summed E-state index contributed by atoms with van der Waals surface area (Å²) in [7, 11) is 1.49. The lowest BCUT2D eigenvalue weighted by Gasteiger charge is -2.12. The molecule has 0 aromatic heterocycles. The molecule has 0 saturated heterocycles. The van der Waals surface area contributed by atoms with Crippen molar-refractivity contribution in [2.24, 2.45) is 0 Å². The smallest absolute Gasteiger partial charge is 0.255 e. The summed E-state index contributed by atoms with van der Waals surface area (Å²) in [5, 5.41) is 6.00. The van der Waals surface area contributed by atoms with Crippen molar-refractivity contribution in [1.82, 2.24) is 5.32 Å². The predicted octanol–water partition coefficient (Wildman–Crippen LogP) is 3.90. The van der Waals surface area contributed by atoms with Crippen LogP contribution in [0.4, 0.5) is 5.69 Å². The normalized spacial score (nSPS) is 10.2. The van der Waals surface area contributed by atoms with Gasteiger partial charge in [0.25, 0.3) is 5.91 Å². The molecule has 0 atom stereocenters. The standard InChI is InChI=1S/C20H23ClN2O4/c1-3-27-17-11-5-4-8-14(17)20(25)22-13-7-12-18(24)23-16-10-6-9-15(21)19(16)26-2/h4-6,8-11H,3,7,12-13H2,1-2H3,(H,22,25)(H,23,24). The Kier molecular flexibility index (Phi) is 7.95. The van der Waals surface area contributed by atoms with Crippen LogP contribution in [0.15, 0.2) is 42.5 Å². The molecule has 2 rings (SSSR count). The minimum atomic E-state index is -0.226. The third kappa shape index (κ3) is 5.89. The van der Waals surface area contributed by atoms with Crippen LogP contribution >= 0.6 is 11.6 Å². The molecule has 2 amide bonds. The van der Waals surface area contributed by atoms with Crippen LogP contribution in [-0.2, 0) is 4.79 Å². The molecule has 2 aromatic carbocycles. The summed E-state index contributed by atoms with van der Waals surface area (Å²) in [5.74, 6) is 0.562. The van der Waals surface area contributed by atoms with E-state index in [-0.39, 0.29) is 18.2 Å². The zero-order valence-corrected chi connectivity index (χ0v) is 16.1. The maximum atomic E-state index is 12.3. The SMILES string of the molecule is CCOc1ccccc1C(=O)NCCCC(=O)Nc1cccc(Cl)c1OC. The van der Waals surface area contributed by atoms with Crippen molar-refractivity contribution in [3.8, 4) is 11.5 Å². The minimum absolute atomic E-state index is 0.181. The van der Waals surface area contributed by atoms with Gasteiger partial charge in [-0.3, -0.25) is 9.59 Å². The van der Waals surface area contributed by atoms with Gasteiger partial charge in [-0.15, -0.1) is 0 Å². The van der Waals surface area contributed by atoms with E-state index in [0.717, 1.165) is 0 Å². The van der Waals surface area contributed by atoms with Gasteiger partial charge in [0.2, 0.25) is 5.91 Å². The Labute approximate surface area is 163 Å². The van der Waals surface area contributed by atoms with E-state index in [1.54, 1.807) is 36.4 Å². The number of methoxy groups -OCH3 is 1. The monoisotopic (exact) mass is 390 g/mol. The average molecular weight is 391 g/mol. The number of amides is 2. The molecule has 144 valence electrons. The minimum Gasteiger partial charge on any atom is -0.493 e. The van der Waals surface area contributed by atoms with Crippen molar-refractivity contribution in [2.75, 3.05) is 25.6 Å². The number of carbonyl (C=O) groups is 2.